The molecule has 0 unspecified atom stereocenters. The molecule has 0 atom stereocenters. The fraction of sp³-hybridized carbons (Fsp3) is 0.296. The number of carbonyl (C=O) groups is 2. The van der Waals surface area contributed by atoms with E-state index in [0.717, 1.165) is 89.7 Å². The highest BCUT2D eigenvalue weighted by atomic mass is 16.5. The molecule has 360 valence electrons. The van der Waals surface area contributed by atoms with Crippen molar-refractivity contribution in [2.45, 2.75) is 78.1 Å². The first kappa shape index (κ1) is 52.6. The zero-order valence-corrected chi connectivity index (χ0v) is 39.6. The topological polar surface area (TPSA) is 222 Å². The van der Waals surface area contributed by atoms with Gasteiger partial charge in [0.25, 0.3) is 0 Å². The number of unbranched alkanes of at least 4 members (excludes halogenated alkanes) is 6. The van der Waals surface area contributed by atoms with Crippen LogP contribution in [0.4, 0.5) is 22.7 Å². The van der Waals surface area contributed by atoms with Crippen LogP contribution in [0.5, 0.6) is 11.5 Å². The summed E-state index contributed by atoms with van der Waals surface area (Å²) in [4.78, 5) is 24.1. The normalized spacial score (nSPS) is 10.7. The van der Waals surface area contributed by atoms with Crippen LogP contribution in [0.25, 0.3) is 43.2 Å². The maximum Gasteiger partial charge on any atom is 0.305 e. The van der Waals surface area contributed by atoms with Gasteiger partial charge in [-0.3, -0.25) is 9.59 Å². The molecule has 0 spiro atoms. The first-order valence-corrected chi connectivity index (χ1v) is 23.3. The van der Waals surface area contributed by atoms with Crippen molar-refractivity contribution in [3.63, 3.8) is 0 Å². The molecule has 16 heteroatoms. The largest absolute Gasteiger partial charge is 0.491 e. The van der Waals surface area contributed by atoms with Gasteiger partial charge in [-0.25, -0.2) is 0 Å². The zero-order chi connectivity index (χ0) is 49.6. The molecule has 70 heavy (non-hydrogen) atoms. The number of fused-ring (bicyclic) bond motifs is 2. The number of aromatic nitrogens is 3. The minimum absolute atomic E-state index is 0.141. The molecule has 7 rings (SSSR count). The number of aromatic amines is 1. The fourth-order valence-electron chi connectivity index (χ4n) is 6.91. The third kappa shape index (κ3) is 17.3. The van der Waals surface area contributed by atoms with Gasteiger partial charge in [-0.1, -0.05) is 98.6 Å². The van der Waals surface area contributed by atoms with E-state index in [1.54, 1.807) is 25.0 Å². The summed E-state index contributed by atoms with van der Waals surface area (Å²) in [5.41, 5.74) is 17.5. The van der Waals surface area contributed by atoms with E-state index in [4.69, 9.17) is 36.4 Å². The highest BCUT2D eigenvalue weighted by molar-refractivity contribution is 5.96. The molecule has 0 aliphatic heterocycles. The van der Waals surface area contributed by atoms with E-state index < -0.39 is 0 Å². The number of rotatable bonds is 23. The van der Waals surface area contributed by atoms with E-state index in [0.29, 0.717) is 73.5 Å². The number of ether oxygens (including phenoxy) is 4. The summed E-state index contributed by atoms with van der Waals surface area (Å²) in [5, 5.41) is 32.8. The third-order valence-electron chi connectivity index (χ3n) is 10.5. The average Bonchev–Trinajstić information content (AvgIpc) is 3.95. The van der Waals surface area contributed by atoms with Gasteiger partial charge in [-0.15, -0.1) is 22.2 Å². The second-order valence-corrected chi connectivity index (χ2v) is 15.5. The number of H-pyrrole nitrogens is 1. The summed E-state index contributed by atoms with van der Waals surface area (Å²) in [6, 6.07) is 39.2. The van der Waals surface area contributed by atoms with Gasteiger partial charge in [0.05, 0.1) is 44.0 Å². The molecule has 0 aliphatic carbocycles. The number of esters is 2. The summed E-state index contributed by atoms with van der Waals surface area (Å²) >= 11 is 0. The van der Waals surface area contributed by atoms with Gasteiger partial charge in [-0.05, 0) is 115 Å². The van der Waals surface area contributed by atoms with Crippen molar-refractivity contribution in [2.24, 2.45) is 20.5 Å². The summed E-state index contributed by atoms with van der Waals surface area (Å²) < 4.78 is 22.4. The van der Waals surface area contributed by atoms with Crippen LogP contribution in [0.15, 0.2) is 148 Å². The van der Waals surface area contributed by atoms with Crippen molar-refractivity contribution >= 4 is 56.2 Å². The Bertz CT molecular complexity index is 2870. The molecule has 2 N–H and O–H groups in total. The Morgan fingerprint density at radius 1 is 0.629 bits per heavy atom. The number of benzene rings is 6. The molecule has 0 saturated carbocycles. The second-order valence-electron chi connectivity index (χ2n) is 15.5. The summed E-state index contributed by atoms with van der Waals surface area (Å²) in [6.45, 7) is 5.74. The van der Waals surface area contributed by atoms with Crippen LogP contribution in [-0.2, 0) is 19.1 Å². The number of nitrogens with one attached hydrogen (secondary N) is 2. The van der Waals surface area contributed by atoms with Crippen LogP contribution in [0.1, 0.15) is 83.6 Å². The van der Waals surface area contributed by atoms with Crippen molar-refractivity contribution in [3.8, 4) is 35.1 Å². The standard InChI is InChI=1S/C27H29N5O3.C27H28N2O3.HN3/c1-2-26(33)35-17-8-4-3-7-16-34-25-15-14-20-10-5-6-13-23(20)27(25)31-29-22-12-9-11-21(18-22)24-19-28-32-30-24;1-3-21-12-11-14-23(20-21)28-29-27-24-15-8-7-13-22(24)16-17-25(27)31-18-9-5-6-10-19-32-26(30)4-2;1-3-2/h5-6,9-15,18-19H,2-4,7-8,16-17H2,1H3,(H,28,30,32);1,7-8,11-17,20H,4-6,9-10,18-19H2,2H3;1H. The molecule has 16 nitrogen and oxygen atoms in total. The highest BCUT2D eigenvalue weighted by Gasteiger charge is 2.11. The van der Waals surface area contributed by atoms with Crippen molar-refractivity contribution in [3.05, 3.63) is 144 Å². The van der Waals surface area contributed by atoms with Crippen LogP contribution in [0.3, 0.4) is 0 Å². The number of hydrogen-bond donors (Lipinski definition) is 2. The van der Waals surface area contributed by atoms with Crippen LogP contribution in [0, 0.1) is 17.9 Å². The molecular formula is C54H58N10O6. The Morgan fingerprint density at radius 3 is 1.60 bits per heavy atom. The lowest BCUT2D eigenvalue weighted by Crippen LogP contribution is -2.04. The Morgan fingerprint density at radius 2 is 1.11 bits per heavy atom. The van der Waals surface area contributed by atoms with Gasteiger partial charge in [0.1, 0.15) is 28.6 Å². The minimum atomic E-state index is -0.142. The van der Waals surface area contributed by atoms with E-state index in [2.05, 4.69) is 47.9 Å². The molecule has 0 fully saturated rings. The predicted molar refractivity (Wildman–Crippen MR) is 272 cm³/mol. The van der Waals surface area contributed by atoms with Crippen LogP contribution in [-0.4, -0.2) is 53.8 Å². The van der Waals surface area contributed by atoms with Crippen molar-refractivity contribution in [1.82, 2.24) is 15.4 Å². The minimum Gasteiger partial charge on any atom is -0.491 e. The maximum absolute atomic E-state index is 11.2. The summed E-state index contributed by atoms with van der Waals surface area (Å²) in [5.74, 6) is 3.74. The number of nitrogens with zero attached hydrogens (tertiary/aromatic N) is 8. The quantitative estimate of drug-likeness (QED) is 0.0156. The first-order chi connectivity index (χ1) is 34.4. The van der Waals surface area contributed by atoms with E-state index in [1.807, 2.05) is 115 Å². The predicted octanol–water partition coefficient (Wildman–Crippen LogP) is 14.9. The lowest BCUT2D eigenvalue weighted by atomic mass is 10.1. The average molecular weight is 943 g/mol. The van der Waals surface area contributed by atoms with Crippen molar-refractivity contribution in [2.75, 3.05) is 26.4 Å². The van der Waals surface area contributed by atoms with Crippen LogP contribution < -0.4 is 9.47 Å². The van der Waals surface area contributed by atoms with E-state index in [9.17, 15) is 9.59 Å². The van der Waals surface area contributed by atoms with E-state index in [1.165, 1.54) is 0 Å². The summed E-state index contributed by atoms with van der Waals surface area (Å²) in [6.07, 6.45) is 15.6. The molecule has 0 amide bonds. The molecule has 0 saturated heterocycles. The molecule has 0 radical (unpaired) electrons. The molecule has 7 aromatic rings. The van der Waals surface area contributed by atoms with E-state index in [-0.39, 0.29) is 11.9 Å². The van der Waals surface area contributed by atoms with Crippen LogP contribution >= 0.6 is 0 Å². The Labute approximate surface area is 408 Å². The molecule has 0 bridgehead atoms. The molecule has 6 aromatic carbocycles. The SMILES string of the molecule is C#Cc1cccc(N=Nc2c(OCCCCCCOC(=O)CC)ccc3ccccc23)c1.CCC(=O)OCCCCCCOc1ccc2ccccc2c1N=Nc1cccc(-c2cn[nH]n2)c1.[N-]=[N+]=N. The molecule has 0 aliphatic rings. The highest BCUT2D eigenvalue weighted by Crippen LogP contribution is 2.39. The van der Waals surface area contributed by atoms with Crippen LogP contribution in [0.2, 0.25) is 0 Å². The smallest absolute Gasteiger partial charge is 0.305 e. The molecule has 1 aromatic heterocycles. The maximum atomic E-state index is 11.2. The lowest BCUT2D eigenvalue weighted by Gasteiger charge is -2.11. The fourth-order valence-corrected chi connectivity index (χ4v) is 6.91. The van der Waals surface area contributed by atoms with E-state index >= 15 is 0 Å². The first-order valence-electron chi connectivity index (χ1n) is 23.3. The number of hydrogen-bond acceptors (Lipinski definition) is 13. The van der Waals surface area contributed by atoms with Gasteiger partial charge >= 0.3 is 11.9 Å². The van der Waals surface area contributed by atoms with Gasteiger partial charge in [0.2, 0.25) is 0 Å². The summed E-state index contributed by atoms with van der Waals surface area (Å²) in [7, 11) is 0. The van der Waals surface area contributed by atoms with Gasteiger partial charge in [0.15, 0.2) is 0 Å². The Balaban J connectivity index is 0.000000248. The lowest BCUT2D eigenvalue weighted by molar-refractivity contribution is -0.144. The second kappa shape index (κ2) is 30.1. The Kier molecular flexibility index (Phi) is 22.6. The Hall–Kier alpha value is -8.41. The molecule has 1 heterocycles. The number of carbonyl (C=O) groups excluding carboxylic acids is 2. The monoisotopic (exact) mass is 942 g/mol. The third-order valence-corrected chi connectivity index (χ3v) is 10.5. The van der Waals surface area contributed by atoms with Gasteiger partial charge in [-0.2, -0.15) is 25.6 Å². The van der Waals surface area contributed by atoms with Gasteiger partial charge in [0, 0.05) is 34.7 Å². The number of terminal acetylenes is 1. The van der Waals surface area contributed by atoms with Crippen molar-refractivity contribution < 1.29 is 28.5 Å². The zero-order valence-electron chi connectivity index (χ0n) is 39.6. The van der Waals surface area contributed by atoms with Gasteiger partial charge < -0.3 is 18.9 Å². The van der Waals surface area contributed by atoms with Crippen molar-refractivity contribution in [1.29, 1.82) is 5.53 Å². The number of azo groups is 2. The molecular weight excluding hydrogens is 885 g/mol.